The molecule has 0 aromatic heterocycles. The molecular weight excluding hydrogens is 230 g/mol. The first-order chi connectivity index (χ1) is 8.48. The van der Waals surface area contributed by atoms with Crippen LogP contribution in [0, 0.1) is 5.92 Å². The van der Waals surface area contributed by atoms with E-state index < -0.39 is 5.54 Å². The molecule has 1 saturated carbocycles. The first-order valence-corrected chi connectivity index (χ1v) is 7.00. The topological polar surface area (TPSA) is 47.6 Å². The van der Waals surface area contributed by atoms with Gasteiger partial charge in [-0.25, -0.2) is 0 Å². The van der Waals surface area contributed by atoms with Crippen molar-refractivity contribution in [2.24, 2.45) is 5.92 Å². The second kappa shape index (κ2) is 7.10. The Morgan fingerprint density at radius 3 is 2.61 bits per heavy atom. The first kappa shape index (κ1) is 15.4. The van der Waals surface area contributed by atoms with Gasteiger partial charge in [0.1, 0.15) is 5.54 Å². The van der Waals surface area contributed by atoms with E-state index in [1.165, 1.54) is 0 Å². The maximum Gasteiger partial charge on any atom is 0.326 e. The Bertz CT molecular complexity index is 264. The highest BCUT2D eigenvalue weighted by atomic mass is 16.5. The Labute approximate surface area is 110 Å². The maximum atomic E-state index is 12.0. The SMILES string of the molecule is CCOC(=O)C(C)(CCOCC(C)C)NC1CC1. The monoisotopic (exact) mass is 257 g/mol. The van der Waals surface area contributed by atoms with Gasteiger partial charge in [0.2, 0.25) is 0 Å². The number of nitrogens with one attached hydrogen (secondary N) is 1. The molecule has 0 aromatic carbocycles. The predicted octanol–water partition coefficient (Wildman–Crippen LogP) is 2.12. The summed E-state index contributed by atoms with van der Waals surface area (Å²) in [7, 11) is 0. The van der Waals surface area contributed by atoms with E-state index in [1.54, 1.807) is 0 Å². The number of rotatable bonds is 9. The van der Waals surface area contributed by atoms with Crippen molar-refractivity contribution in [3.8, 4) is 0 Å². The summed E-state index contributed by atoms with van der Waals surface area (Å²) < 4.78 is 10.7. The van der Waals surface area contributed by atoms with E-state index in [1.807, 2.05) is 13.8 Å². The summed E-state index contributed by atoms with van der Waals surface area (Å²) in [5, 5.41) is 3.39. The summed E-state index contributed by atoms with van der Waals surface area (Å²) in [5.41, 5.74) is -0.603. The van der Waals surface area contributed by atoms with Crippen LogP contribution in [0.1, 0.15) is 47.0 Å². The third-order valence-corrected chi connectivity index (χ3v) is 3.02. The fraction of sp³-hybridized carbons (Fsp3) is 0.929. The Hall–Kier alpha value is -0.610. The lowest BCUT2D eigenvalue weighted by molar-refractivity contribution is -0.151. The minimum absolute atomic E-state index is 0.162. The van der Waals surface area contributed by atoms with E-state index in [0.717, 1.165) is 19.4 Å². The molecule has 1 N–H and O–H groups in total. The quantitative estimate of drug-likeness (QED) is 0.508. The van der Waals surface area contributed by atoms with Crippen LogP contribution in [0.15, 0.2) is 0 Å². The molecule has 1 aliphatic rings. The third-order valence-electron chi connectivity index (χ3n) is 3.02. The van der Waals surface area contributed by atoms with Gasteiger partial charge in [0.15, 0.2) is 0 Å². The highest BCUT2D eigenvalue weighted by Gasteiger charge is 2.39. The smallest absolute Gasteiger partial charge is 0.326 e. The van der Waals surface area contributed by atoms with Gasteiger partial charge in [-0.15, -0.1) is 0 Å². The molecule has 1 unspecified atom stereocenters. The predicted molar refractivity (Wildman–Crippen MR) is 71.5 cm³/mol. The average Bonchev–Trinajstić information content (AvgIpc) is 3.08. The maximum absolute atomic E-state index is 12.0. The molecule has 4 heteroatoms. The van der Waals surface area contributed by atoms with Crippen LogP contribution in [-0.4, -0.2) is 37.4 Å². The van der Waals surface area contributed by atoms with E-state index in [0.29, 0.717) is 31.6 Å². The summed E-state index contributed by atoms with van der Waals surface area (Å²) >= 11 is 0. The molecule has 0 amide bonds. The molecule has 0 spiro atoms. The van der Waals surface area contributed by atoms with Crippen molar-refractivity contribution < 1.29 is 14.3 Å². The van der Waals surface area contributed by atoms with E-state index in [9.17, 15) is 4.79 Å². The average molecular weight is 257 g/mol. The van der Waals surface area contributed by atoms with Gasteiger partial charge < -0.3 is 9.47 Å². The van der Waals surface area contributed by atoms with Crippen LogP contribution in [0.3, 0.4) is 0 Å². The van der Waals surface area contributed by atoms with Gasteiger partial charge in [-0.2, -0.15) is 0 Å². The van der Waals surface area contributed by atoms with Crippen molar-refractivity contribution in [3.05, 3.63) is 0 Å². The Balaban J connectivity index is 2.40. The van der Waals surface area contributed by atoms with Gasteiger partial charge in [0, 0.05) is 19.3 Å². The van der Waals surface area contributed by atoms with Crippen LogP contribution in [-0.2, 0) is 14.3 Å². The molecular formula is C14H27NO3. The molecule has 18 heavy (non-hydrogen) atoms. The molecule has 0 aliphatic heterocycles. The lowest BCUT2D eigenvalue weighted by atomic mass is 9.98. The van der Waals surface area contributed by atoms with Gasteiger partial charge in [-0.05, 0) is 39.0 Å². The van der Waals surface area contributed by atoms with Crippen molar-refractivity contribution in [2.75, 3.05) is 19.8 Å². The number of hydrogen-bond acceptors (Lipinski definition) is 4. The first-order valence-electron chi connectivity index (χ1n) is 7.00. The zero-order chi connectivity index (χ0) is 13.6. The van der Waals surface area contributed by atoms with Crippen molar-refractivity contribution >= 4 is 5.97 Å². The summed E-state index contributed by atoms with van der Waals surface area (Å²) in [6.45, 7) is 9.75. The fourth-order valence-electron chi connectivity index (χ4n) is 1.80. The summed E-state index contributed by atoms with van der Waals surface area (Å²) in [6.07, 6.45) is 2.97. The Morgan fingerprint density at radius 1 is 1.44 bits per heavy atom. The number of ether oxygens (including phenoxy) is 2. The largest absolute Gasteiger partial charge is 0.465 e. The molecule has 0 bridgehead atoms. The van der Waals surface area contributed by atoms with Crippen LogP contribution in [0.5, 0.6) is 0 Å². The van der Waals surface area contributed by atoms with Gasteiger partial charge in [-0.1, -0.05) is 13.8 Å². The molecule has 1 atom stereocenters. The molecule has 1 fully saturated rings. The minimum Gasteiger partial charge on any atom is -0.465 e. The van der Waals surface area contributed by atoms with Crippen molar-refractivity contribution in [1.29, 1.82) is 0 Å². The van der Waals surface area contributed by atoms with Gasteiger partial charge >= 0.3 is 5.97 Å². The minimum atomic E-state index is -0.603. The third kappa shape index (κ3) is 5.36. The molecule has 0 heterocycles. The lowest BCUT2D eigenvalue weighted by Gasteiger charge is -2.28. The van der Waals surface area contributed by atoms with Crippen molar-refractivity contribution in [1.82, 2.24) is 5.32 Å². The normalized spacial score (nSPS) is 18.7. The van der Waals surface area contributed by atoms with Crippen LogP contribution in [0.25, 0.3) is 0 Å². The van der Waals surface area contributed by atoms with Gasteiger partial charge in [0.05, 0.1) is 6.61 Å². The van der Waals surface area contributed by atoms with Crippen LogP contribution in [0.2, 0.25) is 0 Å². The second-order valence-electron chi connectivity index (χ2n) is 5.69. The Morgan fingerprint density at radius 2 is 2.11 bits per heavy atom. The molecule has 106 valence electrons. The molecule has 4 nitrogen and oxygen atoms in total. The Kier molecular flexibility index (Phi) is 6.09. The van der Waals surface area contributed by atoms with E-state index in [-0.39, 0.29) is 5.97 Å². The number of carbonyl (C=O) groups is 1. The fourth-order valence-corrected chi connectivity index (χ4v) is 1.80. The molecule has 0 radical (unpaired) electrons. The van der Waals surface area contributed by atoms with Gasteiger partial charge in [-0.3, -0.25) is 10.1 Å². The zero-order valence-corrected chi connectivity index (χ0v) is 12.1. The van der Waals surface area contributed by atoms with Crippen LogP contribution >= 0.6 is 0 Å². The van der Waals surface area contributed by atoms with E-state index in [4.69, 9.17) is 9.47 Å². The summed E-state index contributed by atoms with van der Waals surface area (Å²) in [6, 6.07) is 0.476. The highest BCUT2D eigenvalue weighted by molar-refractivity contribution is 5.80. The second-order valence-corrected chi connectivity index (χ2v) is 5.69. The summed E-state index contributed by atoms with van der Waals surface area (Å²) in [5.74, 6) is 0.361. The van der Waals surface area contributed by atoms with Crippen molar-refractivity contribution in [2.45, 2.75) is 58.5 Å². The van der Waals surface area contributed by atoms with Gasteiger partial charge in [0.25, 0.3) is 0 Å². The lowest BCUT2D eigenvalue weighted by Crippen LogP contribution is -2.52. The summed E-state index contributed by atoms with van der Waals surface area (Å²) in [4.78, 5) is 12.0. The number of esters is 1. The zero-order valence-electron chi connectivity index (χ0n) is 12.1. The number of hydrogen-bond donors (Lipinski definition) is 1. The highest BCUT2D eigenvalue weighted by Crippen LogP contribution is 2.25. The van der Waals surface area contributed by atoms with Crippen molar-refractivity contribution in [3.63, 3.8) is 0 Å². The molecule has 0 aromatic rings. The van der Waals surface area contributed by atoms with E-state index in [2.05, 4.69) is 19.2 Å². The molecule has 1 aliphatic carbocycles. The molecule has 1 rings (SSSR count). The van der Waals surface area contributed by atoms with Crippen LogP contribution < -0.4 is 5.32 Å². The van der Waals surface area contributed by atoms with Crippen LogP contribution in [0.4, 0.5) is 0 Å². The molecule has 0 saturated heterocycles. The standard InChI is InChI=1S/C14H27NO3/c1-5-18-13(16)14(4,15-12-6-7-12)8-9-17-10-11(2)3/h11-12,15H,5-10H2,1-4H3. The van der Waals surface area contributed by atoms with E-state index >= 15 is 0 Å². The number of carbonyl (C=O) groups excluding carboxylic acids is 1.